The van der Waals surface area contributed by atoms with Gasteiger partial charge in [-0.2, -0.15) is 0 Å². The van der Waals surface area contributed by atoms with Gasteiger partial charge in [-0.15, -0.1) is 0 Å². The Morgan fingerprint density at radius 3 is 2.93 bits per heavy atom. The number of nitrogens with two attached hydrogens (primary N) is 1. The first-order valence-corrected chi connectivity index (χ1v) is 5.05. The zero-order valence-electron chi connectivity index (χ0n) is 8.46. The van der Waals surface area contributed by atoms with Crippen LogP contribution in [0, 0.1) is 6.92 Å². The molecule has 76 valence electrons. The third-order valence-corrected chi connectivity index (χ3v) is 2.64. The van der Waals surface area contributed by atoms with Crippen LogP contribution in [0.3, 0.4) is 0 Å². The Labute approximate surface area is 86.3 Å². The second kappa shape index (κ2) is 3.74. The van der Waals surface area contributed by atoms with Gasteiger partial charge in [0.25, 0.3) is 0 Å². The number of aryl methyl sites for hydroxylation is 1. The predicted octanol–water partition coefficient (Wildman–Crippen LogP) is 2.96. The topological polar surface area (TPSA) is 38.0 Å². The van der Waals surface area contributed by atoms with Gasteiger partial charge in [0.2, 0.25) is 0 Å². The molecule has 0 spiro atoms. The van der Waals surface area contributed by atoms with E-state index >= 15 is 0 Å². The lowest BCUT2D eigenvalue weighted by Gasteiger charge is -2.07. The van der Waals surface area contributed by atoms with Crippen LogP contribution in [0.1, 0.15) is 31.3 Å². The summed E-state index contributed by atoms with van der Waals surface area (Å²) in [6.45, 7) is 2.18. The molecule has 0 unspecified atom stereocenters. The van der Waals surface area contributed by atoms with Gasteiger partial charge in [0.15, 0.2) is 0 Å². The summed E-state index contributed by atoms with van der Waals surface area (Å²) < 4.78 is 0. The summed E-state index contributed by atoms with van der Waals surface area (Å²) >= 11 is 0. The molecule has 3 N–H and O–H groups in total. The van der Waals surface area contributed by atoms with E-state index in [-0.39, 0.29) is 1.43 Å². The number of hydrogen-bond acceptors (Lipinski definition) is 2. The van der Waals surface area contributed by atoms with Crippen LogP contribution in [0.2, 0.25) is 0 Å². The molecule has 0 heterocycles. The maximum atomic E-state index is 5.27. The van der Waals surface area contributed by atoms with E-state index in [2.05, 4.69) is 30.4 Å². The van der Waals surface area contributed by atoms with Gasteiger partial charge in [-0.05, 0) is 48.9 Å². The summed E-state index contributed by atoms with van der Waals surface area (Å²) in [5.41, 5.74) is 9.28. The van der Waals surface area contributed by atoms with Gasteiger partial charge < -0.3 is 11.1 Å². The fraction of sp³-hybridized carbons (Fsp3) is 0.333. The minimum absolute atomic E-state index is 0. The van der Waals surface area contributed by atoms with Gasteiger partial charge in [-0.25, -0.2) is 0 Å². The van der Waals surface area contributed by atoms with Crippen LogP contribution < -0.4 is 11.1 Å². The molecule has 0 amide bonds. The molecule has 2 heteroatoms. The average molecular weight is 190 g/mol. The van der Waals surface area contributed by atoms with Gasteiger partial charge in [0.1, 0.15) is 0 Å². The Morgan fingerprint density at radius 2 is 2.29 bits per heavy atom. The molecule has 0 atom stereocenters. The molecule has 1 aromatic rings. The summed E-state index contributed by atoms with van der Waals surface area (Å²) in [5.74, 6) is 0.804. The van der Waals surface area contributed by atoms with Crippen molar-refractivity contribution in [2.24, 2.45) is 5.73 Å². The van der Waals surface area contributed by atoms with Crippen LogP contribution in [0.5, 0.6) is 0 Å². The summed E-state index contributed by atoms with van der Waals surface area (Å²) in [5, 5.41) is 3.14. The van der Waals surface area contributed by atoms with Gasteiger partial charge >= 0.3 is 0 Å². The van der Waals surface area contributed by atoms with Gasteiger partial charge in [0, 0.05) is 19.5 Å². The van der Waals surface area contributed by atoms with Crippen molar-refractivity contribution in [3.8, 4) is 0 Å². The Morgan fingerprint density at radius 1 is 1.50 bits per heavy atom. The summed E-state index contributed by atoms with van der Waals surface area (Å²) in [4.78, 5) is 0. The summed E-state index contributed by atoms with van der Waals surface area (Å²) in [6.07, 6.45) is 5.95. The SMILES string of the molecule is Cc1ccc(N/C=C\N)cc1C1CC1.[HH]. The highest BCUT2D eigenvalue weighted by atomic mass is 14.8. The minimum Gasteiger partial charge on any atom is -0.403 e. The van der Waals surface area contributed by atoms with Crippen molar-refractivity contribution in [1.29, 1.82) is 0 Å². The number of anilines is 1. The van der Waals surface area contributed by atoms with Crippen molar-refractivity contribution in [3.05, 3.63) is 41.7 Å². The second-order valence-corrected chi connectivity index (χ2v) is 3.85. The Balaban J connectivity index is 0.00000112. The Hall–Kier alpha value is -1.44. The van der Waals surface area contributed by atoms with E-state index in [9.17, 15) is 0 Å². The van der Waals surface area contributed by atoms with Gasteiger partial charge in [-0.3, -0.25) is 0 Å². The molecule has 0 saturated heterocycles. The first-order valence-electron chi connectivity index (χ1n) is 5.05. The van der Waals surface area contributed by atoms with E-state index in [1.165, 1.54) is 30.2 Å². The molecule has 0 radical (unpaired) electrons. The van der Waals surface area contributed by atoms with Crippen LogP contribution in [0.4, 0.5) is 5.69 Å². The minimum atomic E-state index is 0. The van der Waals surface area contributed by atoms with Crippen molar-refractivity contribution in [2.75, 3.05) is 5.32 Å². The predicted molar refractivity (Wildman–Crippen MR) is 62.2 cm³/mol. The molecule has 1 fully saturated rings. The summed E-state index contributed by atoms with van der Waals surface area (Å²) in [6, 6.07) is 6.48. The van der Waals surface area contributed by atoms with E-state index < -0.39 is 0 Å². The molecule has 0 bridgehead atoms. The fourth-order valence-corrected chi connectivity index (χ4v) is 1.71. The smallest absolute Gasteiger partial charge is 0.0383 e. The van der Waals surface area contributed by atoms with Gasteiger partial charge in [-0.1, -0.05) is 6.07 Å². The van der Waals surface area contributed by atoms with Crippen LogP contribution >= 0.6 is 0 Å². The highest BCUT2D eigenvalue weighted by Gasteiger charge is 2.24. The van der Waals surface area contributed by atoms with Gasteiger partial charge in [0.05, 0.1) is 0 Å². The van der Waals surface area contributed by atoms with Crippen LogP contribution in [0.25, 0.3) is 0 Å². The average Bonchev–Trinajstić information content (AvgIpc) is 3.00. The van der Waals surface area contributed by atoms with Crippen LogP contribution in [-0.2, 0) is 0 Å². The lowest BCUT2D eigenvalue weighted by Crippen LogP contribution is -1.93. The third-order valence-electron chi connectivity index (χ3n) is 2.64. The number of nitrogens with one attached hydrogen (secondary N) is 1. The third kappa shape index (κ3) is 1.90. The highest BCUT2D eigenvalue weighted by Crippen LogP contribution is 2.42. The molecule has 2 rings (SSSR count). The number of hydrogen-bond donors (Lipinski definition) is 2. The quantitative estimate of drug-likeness (QED) is 0.769. The van der Waals surface area contributed by atoms with E-state index in [1.807, 2.05) is 0 Å². The standard InChI is InChI=1S/C12H16N2.H2/c1-9-2-5-11(14-7-6-13)8-12(9)10-3-4-10;/h2,5-8,10,14H,3-4,13H2,1H3;1H/b7-6-;. The van der Waals surface area contributed by atoms with E-state index in [1.54, 1.807) is 6.20 Å². The van der Waals surface area contributed by atoms with Crippen molar-refractivity contribution in [3.63, 3.8) is 0 Å². The molecular weight excluding hydrogens is 172 g/mol. The Kier molecular flexibility index (Phi) is 2.44. The molecule has 1 aromatic carbocycles. The number of benzene rings is 1. The first-order chi connectivity index (χ1) is 6.81. The first kappa shape index (κ1) is 9.13. The van der Waals surface area contributed by atoms with Crippen molar-refractivity contribution in [2.45, 2.75) is 25.7 Å². The molecule has 14 heavy (non-hydrogen) atoms. The highest BCUT2D eigenvalue weighted by molar-refractivity contribution is 5.51. The summed E-state index contributed by atoms with van der Waals surface area (Å²) in [7, 11) is 0. The van der Waals surface area contributed by atoms with Crippen LogP contribution in [-0.4, -0.2) is 0 Å². The van der Waals surface area contributed by atoms with Crippen LogP contribution in [0.15, 0.2) is 30.6 Å². The zero-order chi connectivity index (χ0) is 9.97. The van der Waals surface area contributed by atoms with Crippen molar-refractivity contribution < 1.29 is 1.43 Å². The monoisotopic (exact) mass is 190 g/mol. The second-order valence-electron chi connectivity index (χ2n) is 3.85. The molecule has 1 aliphatic rings. The van der Waals surface area contributed by atoms with E-state index in [4.69, 9.17) is 5.73 Å². The molecule has 0 aromatic heterocycles. The molecule has 1 aliphatic carbocycles. The lowest BCUT2D eigenvalue weighted by atomic mass is 10.0. The normalized spacial score (nSPS) is 16.1. The maximum absolute atomic E-state index is 5.27. The zero-order valence-corrected chi connectivity index (χ0v) is 8.46. The number of rotatable bonds is 3. The maximum Gasteiger partial charge on any atom is 0.0383 e. The molecular formula is C12H18N2. The molecule has 2 nitrogen and oxygen atoms in total. The molecule has 1 saturated carbocycles. The Bertz CT molecular complexity index is 357. The fourth-order valence-electron chi connectivity index (χ4n) is 1.71. The van der Waals surface area contributed by atoms with Crippen molar-refractivity contribution in [1.82, 2.24) is 0 Å². The largest absolute Gasteiger partial charge is 0.403 e. The molecule has 0 aliphatic heterocycles. The lowest BCUT2D eigenvalue weighted by molar-refractivity contribution is 1.10. The van der Waals surface area contributed by atoms with E-state index in [0.717, 1.165) is 11.6 Å². The van der Waals surface area contributed by atoms with Crippen molar-refractivity contribution >= 4 is 5.69 Å². The van der Waals surface area contributed by atoms with E-state index in [0.29, 0.717) is 0 Å².